The molecule has 9 aromatic carbocycles. The Morgan fingerprint density at radius 2 is 0.402 bits per heavy atom. The highest BCUT2D eigenvalue weighted by atomic mass is 15.0. The molecule has 0 aliphatic heterocycles. The SMILES string of the molecule is CC(C)(C)c1ccc2c(c1)c1cc(C(C)(C)C)ccc1n2-c1cccc(-c2nc(-c3cccc(-n4c5ccc(C(C)(C)C)cc5c5cc(C(C)(C)C)ccc54)c3)nc(-c3cccc(-n4c5ccc(C(C)(C)C)cc5c5cc(C(C)(C)C)ccc54)c3)n2)c1. The van der Waals surface area contributed by atoms with Gasteiger partial charge in [-0.1, -0.05) is 197 Å². The first-order valence-corrected chi connectivity index (χ1v) is 31.2. The Kier molecular flexibility index (Phi) is 13.2. The van der Waals surface area contributed by atoms with Crippen LogP contribution in [0.15, 0.2) is 182 Å². The van der Waals surface area contributed by atoms with Crippen molar-refractivity contribution in [2.45, 2.75) is 157 Å². The average molecular weight is 1140 g/mol. The van der Waals surface area contributed by atoms with Gasteiger partial charge in [-0.25, -0.2) is 15.0 Å². The lowest BCUT2D eigenvalue weighted by molar-refractivity contribution is 0.590. The molecule has 0 aliphatic rings. The number of fused-ring (bicyclic) bond motifs is 9. The van der Waals surface area contributed by atoms with Crippen molar-refractivity contribution < 1.29 is 0 Å². The van der Waals surface area contributed by atoms with Gasteiger partial charge in [-0.15, -0.1) is 0 Å². The molecule has 0 saturated carbocycles. The molecule has 87 heavy (non-hydrogen) atoms. The molecule has 0 radical (unpaired) electrons. The van der Waals surface area contributed by atoms with Crippen molar-refractivity contribution in [1.29, 1.82) is 0 Å². The van der Waals surface area contributed by atoms with Gasteiger partial charge in [0, 0.05) is 66.1 Å². The van der Waals surface area contributed by atoms with E-state index in [0.717, 1.165) is 66.9 Å². The predicted molar refractivity (Wildman–Crippen MR) is 371 cm³/mol. The molecular weight excluding hydrogens is 1060 g/mol. The first-order chi connectivity index (χ1) is 40.9. The Morgan fingerprint density at radius 3 is 0.575 bits per heavy atom. The van der Waals surface area contributed by atoms with Gasteiger partial charge in [-0.2, -0.15) is 0 Å². The van der Waals surface area contributed by atoms with Gasteiger partial charge in [0.15, 0.2) is 17.5 Å². The van der Waals surface area contributed by atoms with Crippen LogP contribution in [0.3, 0.4) is 0 Å². The summed E-state index contributed by atoms with van der Waals surface area (Å²) in [6.45, 7) is 41.3. The summed E-state index contributed by atoms with van der Waals surface area (Å²) in [6, 6.07) is 68.5. The van der Waals surface area contributed by atoms with Gasteiger partial charge >= 0.3 is 0 Å². The van der Waals surface area contributed by atoms with E-state index in [-0.39, 0.29) is 32.5 Å². The maximum atomic E-state index is 5.51. The molecule has 13 aromatic rings. The number of nitrogens with zero attached hydrogens (tertiary/aromatic N) is 6. The molecule has 4 heterocycles. The van der Waals surface area contributed by atoms with Gasteiger partial charge in [0.2, 0.25) is 0 Å². The van der Waals surface area contributed by atoms with Crippen molar-refractivity contribution in [3.8, 4) is 51.2 Å². The molecule has 0 saturated heterocycles. The third kappa shape index (κ3) is 10.2. The third-order valence-corrected chi connectivity index (χ3v) is 18.2. The van der Waals surface area contributed by atoms with Crippen molar-refractivity contribution in [3.63, 3.8) is 0 Å². The normalized spacial score (nSPS) is 13.2. The second kappa shape index (κ2) is 20.0. The minimum atomic E-state index is -0.0111. The van der Waals surface area contributed by atoms with Crippen LogP contribution in [0.2, 0.25) is 0 Å². The molecule has 0 atom stereocenters. The van der Waals surface area contributed by atoms with E-state index >= 15 is 0 Å². The van der Waals surface area contributed by atoms with Crippen molar-refractivity contribution >= 4 is 65.4 Å². The molecule has 4 aromatic heterocycles. The van der Waals surface area contributed by atoms with Gasteiger partial charge in [0.05, 0.1) is 33.1 Å². The lowest BCUT2D eigenvalue weighted by atomic mass is 9.85. The Labute approximate surface area is 515 Å². The van der Waals surface area contributed by atoms with Gasteiger partial charge in [-0.3, -0.25) is 0 Å². The van der Waals surface area contributed by atoms with Crippen molar-refractivity contribution in [3.05, 3.63) is 215 Å². The van der Waals surface area contributed by atoms with Gasteiger partial charge in [0.25, 0.3) is 0 Å². The number of aromatic nitrogens is 6. The molecule has 0 spiro atoms. The number of benzene rings is 9. The maximum Gasteiger partial charge on any atom is 0.164 e. The smallest absolute Gasteiger partial charge is 0.164 e. The van der Waals surface area contributed by atoms with Crippen LogP contribution in [0.1, 0.15) is 158 Å². The molecule has 6 heteroatoms. The highest BCUT2D eigenvalue weighted by molar-refractivity contribution is 6.12. The summed E-state index contributed by atoms with van der Waals surface area (Å²) in [6.07, 6.45) is 0. The van der Waals surface area contributed by atoms with Crippen molar-refractivity contribution in [2.75, 3.05) is 0 Å². The van der Waals surface area contributed by atoms with Crippen LogP contribution < -0.4 is 0 Å². The number of hydrogen-bond acceptors (Lipinski definition) is 3. The molecule has 13 rings (SSSR count). The lowest BCUT2D eigenvalue weighted by Crippen LogP contribution is -2.10. The predicted octanol–water partition coefficient (Wildman–Crippen LogP) is 21.9. The highest BCUT2D eigenvalue weighted by Crippen LogP contribution is 2.43. The number of rotatable bonds is 6. The van der Waals surface area contributed by atoms with Crippen LogP contribution in [0.4, 0.5) is 0 Å². The largest absolute Gasteiger partial charge is 0.309 e. The van der Waals surface area contributed by atoms with Crippen LogP contribution in [-0.2, 0) is 32.5 Å². The van der Waals surface area contributed by atoms with Crippen LogP contribution in [0.25, 0.3) is 117 Å². The zero-order valence-electron chi connectivity index (χ0n) is 54.5. The van der Waals surface area contributed by atoms with E-state index in [9.17, 15) is 0 Å². The standard InChI is InChI=1S/C81H84N6/c1-76(2,3)52-28-34-67-61(43-52)62-44-53(77(4,5)6)29-35-68(62)85(67)58-25-19-22-49(40-58)73-82-74(50-23-20-26-59(41-50)86-69-36-30-54(78(7,8)9)45-63(69)64-46-55(79(10,11)12)31-37-70(64)86)84-75(83-73)51-24-21-27-60(42-51)87-71-38-32-56(80(13,14)15)47-65(71)66-48-57(81(16,17)18)33-39-72(66)87/h19-48H,1-18H3. The summed E-state index contributed by atoms with van der Waals surface area (Å²) >= 11 is 0. The summed E-state index contributed by atoms with van der Waals surface area (Å²) in [5, 5.41) is 7.49. The zero-order valence-corrected chi connectivity index (χ0v) is 54.5. The second-order valence-electron chi connectivity index (χ2n) is 30.9. The first kappa shape index (κ1) is 57.5. The molecule has 0 N–H and O–H groups in total. The molecule has 0 aliphatic carbocycles. The van der Waals surface area contributed by atoms with E-state index in [4.69, 9.17) is 15.0 Å². The minimum absolute atomic E-state index is 0.0111. The van der Waals surface area contributed by atoms with E-state index in [1.165, 1.54) is 65.7 Å². The molecule has 0 amide bonds. The molecule has 0 unspecified atom stereocenters. The Bertz CT molecular complexity index is 4190. The van der Waals surface area contributed by atoms with Gasteiger partial charge < -0.3 is 13.7 Å². The Hall–Kier alpha value is -8.61. The topological polar surface area (TPSA) is 53.5 Å². The lowest BCUT2D eigenvalue weighted by Gasteiger charge is -2.19. The van der Waals surface area contributed by atoms with E-state index in [1.54, 1.807) is 0 Å². The molecule has 0 fully saturated rings. The van der Waals surface area contributed by atoms with Gasteiger partial charge in [0.1, 0.15) is 0 Å². The molecule has 438 valence electrons. The van der Waals surface area contributed by atoms with Crippen LogP contribution in [0, 0.1) is 0 Å². The maximum absolute atomic E-state index is 5.51. The summed E-state index contributed by atoms with van der Waals surface area (Å²) in [4.78, 5) is 16.5. The van der Waals surface area contributed by atoms with Gasteiger partial charge in [-0.05, 0) is 175 Å². The molecule has 6 nitrogen and oxygen atoms in total. The Morgan fingerprint density at radius 1 is 0.218 bits per heavy atom. The van der Waals surface area contributed by atoms with E-state index in [0.29, 0.717) is 17.5 Å². The van der Waals surface area contributed by atoms with Crippen molar-refractivity contribution in [2.24, 2.45) is 0 Å². The minimum Gasteiger partial charge on any atom is -0.309 e. The second-order valence-corrected chi connectivity index (χ2v) is 30.9. The van der Waals surface area contributed by atoms with Crippen LogP contribution in [0.5, 0.6) is 0 Å². The summed E-state index contributed by atoms with van der Waals surface area (Å²) in [7, 11) is 0. The quantitative estimate of drug-likeness (QED) is 0.167. The Balaban J connectivity index is 1.02. The number of hydrogen-bond donors (Lipinski definition) is 0. The highest BCUT2D eigenvalue weighted by Gasteiger charge is 2.26. The average Bonchev–Trinajstić information content (AvgIpc) is 1.68. The molecule has 0 bridgehead atoms. The summed E-state index contributed by atoms with van der Waals surface area (Å²) < 4.78 is 7.26. The van der Waals surface area contributed by atoms with Crippen molar-refractivity contribution in [1.82, 2.24) is 28.7 Å². The summed E-state index contributed by atoms with van der Waals surface area (Å²) in [5.41, 5.74) is 20.6. The fraction of sp³-hybridized carbons (Fsp3) is 0.296. The monoisotopic (exact) mass is 1140 g/mol. The van der Waals surface area contributed by atoms with E-state index in [1.807, 2.05) is 0 Å². The summed E-state index contributed by atoms with van der Waals surface area (Å²) in [5.74, 6) is 1.79. The third-order valence-electron chi connectivity index (χ3n) is 18.2. The fourth-order valence-corrected chi connectivity index (χ4v) is 12.8. The van der Waals surface area contributed by atoms with E-state index in [2.05, 4.69) is 320 Å². The first-order valence-electron chi connectivity index (χ1n) is 31.2. The van der Waals surface area contributed by atoms with Crippen LogP contribution in [-0.4, -0.2) is 28.7 Å². The zero-order chi connectivity index (χ0) is 61.7. The molecular formula is C81H84N6. The fourth-order valence-electron chi connectivity index (χ4n) is 12.8. The van der Waals surface area contributed by atoms with Crippen LogP contribution >= 0.6 is 0 Å². The van der Waals surface area contributed by atoms with E-state index < -0.39 is 0 Å².